The first-order chi connectivity index (χ1) is 13.7. The molecule has 0 unspecified atom stereocenters. The van der Waals surface area contributed by atoms with Crippen LogP contribution in [0, 0.1) is 0 Å². The summed E-state index contributed by atoms with van der Waals surface area (Å²) in [6.45, 7) is 2.90. The SMILES string of the molecule is CCn1c(=O)n(CCC(=O)Nc2ccccc2-c2cccs2)c2ccccc21. The van der Waals surface area contributed by atoms with Gasteiger partial charge < -0.3 is 5.32 Å². The van der Waals surface area contributed by atoms with Crippen LogP contribution in [0.5, 0.6) is 0 Å². The lowest BCUT2D eigenvalue weighted by Crippen LogP contribution is -2.25. The van der Waals surface area contributed by atoms with Crippen molar-refractivity contribution in [3.63, 3.8) is 0 Å². The van der Waals surface area contributed by atoms with Gasteiger partial charge in [0.1, 0.15) is 0 Å². The molecule has 0 atom stereocenters. The Labute approximate surface area is 166 Å². The second-order valence-electron chi connectivity index (χ2n) is 6.49. The summed E-state index contributed by atoms with van der Waals surface area (Å²) in [5, 5.41) is 5.02. The molecular formula is C22H21N3O2S. The molecule has 0 radical (unpaired) electrons. The Morgan fingerprint density at radius 3 is 2.39 bits per heavy atom. The van der Waals surface area contributed by atoms with Gasteiger partial charge in [0.05, 0.1) is 11.0 Å². The highest BCUT2D eigenvalue weighted by atomic mass is 32.1. The summed E-state index contributed by atoms with van der Waals surface area (Å²) >= 11 is 1.64. The summed E-state index contributed by atoms with van der Waals surface area (Å²) in [7, 11) is 0. The maximum atomic E-state index is 12.7. The quantitative estimate of drug-likeness (QED) is 0.523. The number of para-hydroxylation sites is 3. The molecule has 0 saturated heterocycles. The molecule has 4 rings (SSSR count). The van der Waals surface area contributed by atoms with Crippen LogP contribution in [0.15, 0.2) is 70.8 Å². The molecule has 0 spiro atoms. The third kappa shape index (κ3) is 3.39. The number of hydrogen-bond acceptors (Lipinski definition) is 3. The van der Waals surface area contributed by atoms with Gasteiger partial charge in [-0.05, 0) is 36.6 Å². The summed E-state index contributed by atoms with van der Waals surface area (Å²) in [6.07, 6.45) is 0.233. The summed E-state index contributed by atoms with van der Waals surface area (Å²) in [4.78, 5) is 26.4. The third-order valence-electron chi connectivity index (χ3n) is 4.79. The van der Waals surface area contributed by atoms with E-state index in [1.165, 1.54) is 0 Å². The van der Waals surface area contributed by atoms with Crippen molar-refractivity contribution in [2.75, 3.05) is 5.32 Å². The number of nitrogens with zero attached hydrogens (tertiary/aromatic N) is 2. The van der Waals surface area contributed by atoms with Crippen LogP contribution in [0.2, 0.25) is 0 Å². The second kappa shape index (κ2) is 7.86. The van der Waals surface area contributed by atoms with Crippen LogP contribution in [-0.2, 0) is 17.9 Å². The van der Waals surface area contributed by atoms with Crippen LogP contribution in [0.4, 0.5) is 5.69 Å². The van der Waals surface area contributed by atoms with E-state index in [2.05, 4.69) is 5.32 Å². The van der Waals surface area contributed by atoms with Crippen molar-refractivity contribution in [2.24, 2.45) is 0 Å². The zero-order valence-corrected chi connectivity index (χ0v) is 16.4. The van der Waals surface area contributed by atoms with Gasteiger partial charge in [-0.1, -0.05) is 36.4 Å². The van der Waals surface area contributed by atoms with Crippen LogP contribution < -0.4 is 11.0 Å². The predicted molar refractivity (Wildman–Crippen MR) is 115 cm³/mol. The molecule has 2 heterocycles. The maximum absolute atomic E-state index is 12.7. The van der Waals surface area contributed by atoms with Gasteiger partial charge in [-0.25, -0.2) is 4.79 Å². The number of nitrogens with one attached hydrogen (secondary N) is 1. The van der Waals surface area contributed by atoms with E-state index >= 15 is 0 Å². The first-order valence-corrected chi connectivity index (χ1v) is 10.2. The topological polar surface area (TPSA) is 56.0 Å². The molecule has 1 N–H and O–H groups in total. The number of hydrogen-bond donors (Lipinski definition) is 1. The minimum Gasteiger partial charge on any atom is -0.325 e. The fourth-order valence-corrected chi connectivity index (χ4v) is 4.22. The van der Waals surface area contributed by atoms with Gasteiger partial charge in [-0.2, -0.15) is 0 Å². The van der Waals surface area contributed by atoms with Gasteiger partial charge in [0.2, 0.25) is 5.91 Å². The van der Waals surface area contributed by atoms with Gasteiger partial charge in [0.15, 0.2) is 0 Å². The number of amides is 1. The van der Waals surface area contributed by atoms with E-state index in [0.29, 0.717) is 13.1 Å². The monoisotopic (exact) mass is 391 g/mol. The van der Waals surface area contributed by atoms with Crippen LogP contribution in [0.1, 0.15) is 13.3 Å². The van der Waals surface area contributed by atoms with Gasteiger partial charge >= 0.3 is 5.69 Å². The molecular weight excluding hydrogens is 370 g/mol. The van der Waals surface area contributed by atoms with E-state index in [0.717, 1.165) is 27.2 Å². The maximum Gasteiger partial charge on any atom is 0.329 e. The van der Waals surface area contributed by atoms with Gasteiger partial charge in [-0.15, -0.1) is 11.3 Å². The molecule has 0 aliphatic rings. The predicted octanol–water partition coefficient (Wildman–Crippen LogP) is 4.58. The fraction of sp³-hybridized carbons (Fsp3) is 0.182. The molecule has 0 saturated carbocycles. The van der Waals surface area contributed by atoms with Gasteiger partial charge in [0.25, 0.3) is 0 Å². The highest BCUT2D eigenvalue weighted by Gasteiger charge is 2.14. The average Bonchev–Trinajstić information content (AvgIpc) is 3.33. The molecule has 0 fully saturated rings. The van der Waals surface area contributed by atoms with E-state index in [1.807, 2.05) is 73.0 Å². The molecule has 2 aromatic carbocycles. The summed E-state index contributed by atoms with van der Waals surface area (Å²) in [5.74, 6) is -0.107. The number of imidazole rings is 1. The molecule has 0 bridgehead atoms. The summed E-state index contributed by atoms with van der Waals surface area (Å²) in [5.41, 5.74) is 3.49. The number of carbonyl (C=O) groups excluding carboxylic acids is 1. The lowest BCUT2D eigenvalue weighted by atomic mass is 10.1. The van der Waals surface area contributed by atoms with Gasteiger partial charge in [-0.3, -0.25) is 13.9 Å². The molecule has 142 valence electrons. The van der Waals surface area contributed by atoms with Crippen LogP contribution in [0.3, 0.4) is 0 Å². The van der Waals surface area contributed by atoms with Crippen molar-refractivity contribution in [1.82, 2.24) is 9.13 Å². The lowest BCUT2D eigenvalue weighted by molar-refractivity contribution is -0.116. The van der Waals surface area contributed by atoms with Crippen molar-refractivity contribution >= 4 is 34.0 Å². The first kappa shape index (κ1) is 18.3. The zero-order chi connectivity index (χ0) is 19.5. The van der Waals surface area contributed by atoms with Crippen molar-refractivity contribution in [3.05, 3.63) is 76.5 Å². The van der Waals surface area contributed by atoms with E-state index in [9.17, 15) is 9.59 Å². The number of fused-ring (bicyclic) bond motifs is 1. The number of aromatic nitrogens is 2. The first-order valence-electron chi connectivity index (χ1n) is 9.30. The Kier molecular flexibility index (Phi) is 5.12. The summed E-state index contributed by atoms with van der Waals surface area (Å²) < 4.78 is 3.42. The third-order valence-corrected chi connectivity index (χ3v) is 5.69. The van der Waals surface area contributed by atoms with Crippen molar-refractivity contribution in [2.45, 2.75) is 26.4 Å². The Hall–Kier alpha value is -3.12. The molecule has 0 aliphatic carbocycles. The fourth-order valence-electron chi connectivity index (χ4n) is 3.46. The van der Waals surface area contributed by atoms with Crippen molar-refractivity contribution in [3.8, 4) is 10.4 Å². The molecule has 2 aromatic heterocycles. The van der Waals surface area contributed by atoms with Gasteiger partial charge in [0, 0.05) is 35.6 Å². The molecule has 4 aromatic rings. The number of carbonyl (C=O) groups is 1. The smallest absolute Gasteiger partial charge is 0.325 e. The Bertz CT molecular complexity index is 1170. The summed E-state index contributed by atoms with van der Waals surface area (Å²) in [6, 6.07) is 19.5. The number of rotatable bonds is 6. The number of aryl methyl sites for hydroxylation is 2. The number of anilines is 1. The van der Waals surface area contributed by atoms with E-state index in [4.69, 9.17) is 0 Å². The van der Waals surface area contributed by atoms with Crippen LogP contribution in [-0.4, -0.2) is 15.0 Å². The zero-order valence-electron chi connectivity index (χ0n) is 15.6. The highest BCUT2D eigenvalue weighted by Crippen LogP contribution is 2.31. The Morgan fingerprint density at radius 1 is 0.964 bits per heavy atom. The Morgan fingerprint density at radius 2 is 1.68 bits per heavy atom. The molecule has 6 heteroatoms. The minimum atomic E-state index is -0.107. The molecule has 0 aliphatic heterocycles. The lowest BCUT2D eigenvalue weighted by Gasteiger charge is -2.10. The second-order valence-corrected chi connectivity index (χ2v) is 7.44. The Balaban J connectivity index is 1.53. The molecule has 5 nitrogen and oxygen atoms in total. The van der Waals surface area contributed by atoms with E-state index < -0.39 is 0 Å². The van der Waals surface area contributed by atoms with Crippen LogP contribution in [0.25, 0.3) is 21.5 Å². The molecule has 28 heavy (non-hydrogen) atoms. The number of benzene rings is 2. The standard InChI is InChI=1S/C22H21N3O2S/c1-2-24-18-10-5-6-11-19(18)25(22(24)27)14-13-21(26)23-17-9-4-3-8-16(17)20-12-7-15-28-20/h3-12,15H,2,13-14H2,1H3,(H,23,26). The average molecular weight is 391 g/mol. The minimum absolute atomic E-state index is 0.0736. The largest absolute Gasteiger partial charge is 0.329 e. The normalized spacial score (nSPS) is 11.0. The van der Waals surface area contributed by atoms with Crippen molar-refractivity contribution in [1.29, 1.82) is 0 Å². The van der Waals surface area contributed by atoms with Crippen molar-refractivity contribution < 1.29 is 4.79 Å². The highest BCUT2D eigenvalue weighted by molar-refractivity contribution is 7.13. The molecule has 1 amide bonds. The van der Waals surface area contributed by atoms with E-state index in [1.54, 1.807) is 20.5 Å². The van der Waals surface area contributed by atoms with Crippen LogP contribution >= 0.6 is 11.3 Å². The van der Waals surface area contributed by atoms with E-state index in [-0.39, 0.29) is 18.0 Å². The number of thiophene rings is 1.